The quantitative estimate of drug-likeness (QED) is 0.685. The number of nitrogens with zero attached hydrogens (tertiary/aromatic N) is 4. The number of aromatic nitrogens is 3. The molecule has 3 aromatic rings. The van der Waals surface area contributed by atoms with E-state index in [2.05, 4.69) is 10.3 Å². The molecule has 1 aromatic carbocycles. The molecule has 0 spiro atoms. The number of carbonyl (C=O) groups excluding carboxylic acids is 1. The first-order valence-electron chi connectivity index (χ1n) is 9.93. The maximum atomic E-state index is 13.9. The Morgan fingerprint density at radius 2 is 2.10 bits per heavy atom. The molecule has 1 fully saturated rings. The van der Waals surface area contributed by atoms with E-state index in [1.54, 1.807) is 23.4 Å². The first kappa shape index (κ1) is 18.9. The van der Waals surface area contributed by atoms with Gasteiger partial charge in [-0.05, 0) is 56.0 Å². The van der Waals surface area contributed by atoms with E-state index < -0.39 is 11.9 Å². The van der Waals surface area contributed by atoms with Crippen LogP contribution in [0.4, 0.5) is 15.9 Å². The van der Waals surface area contributed by atoms with Crippen LogP contribution >= 0.6 is 11.6 Å². The Morgan fingerprint density at radius 3 is 2.90 bits per heavy atom. The topological polar surface area (TPSA) is 71.0 Å². The first-order chi connectivity index (χ1) is 14.6. The van der Waals surface area contributed by atoms with Crippen molar-refractivity contribution in [1.29, 1.82) is 0 Å². The Labute approximate surface area is 178 Å². The molecule has 0 radical (unpaired) electrons. The molecular weight excluding hydrogens is 405 g/mol. The first-order valence-corrected chi connectivity index (χ1v) is 10.3. The highest BCUT2D eigenvalue weighted by molar-refractivity contribution is 6.30. The van der Waals surface area contributed by atoms with E-state index in [9.17, 15) is 9.18 Å². The van der Waals surface area contributed by atoms with Crippen molar-refractivity contribution in [1.82, 2.24) is 15.0 Å². The third-order valence-electron chi connectivity index (χ3n) is 5.58. The summed E-state index contributed by atoms with van der Waals surface area (Å²) >= 11 is 5.77. The zero-order valence-electron chi connectivity index (χ0n) is 16.1. The minimum Gasteiger partial charge on any atom is -0.358 e. The van der Waals surface area contributed by atoms with Gasteiger partial charge in [-0.3, -0.25) is 9.78 Å². The monoisotopic (exact) mass is 423 g/mol. The fourth-order valence-corrected chi connectivity index (χ4v) is 4.18. The number of halogens is 2. The highest BCUT2D eigenvalue weighted by Gasteiger charge is 2.34. The summed E-state index contributed by atoms with van der Waals surface area (Å²) in [4.78, 5) is 28.2. The SMILES string of the molecule is O=C1C(Nc2nc(-c3cccnc3)nc3c2CCC3)CCN1c1ccc(Cl)c(F)c1. The number of amides is 1. The van der Waals surface area contributed by atoms with E-state index in [4.69, 9.17) is 21.6 Å². The van der Waals surface area contributed by atoms with Crippen LogP contribution in [0.2, 0.25) is 5.02 Å². The van der Waals surface area contributed by atoms with Gasteiger partial charge in [0.1, 0.15) is 17.7 Å². The standard InChI is InChI=1S/C22H19ClFN5O/c23-16-7-6-14(11-17(16)24)29-10-8-19(22(29)30)27-21-15-4-1-5-18(15)26-20(28-21)13-3-2-9-25-12-13/h2-3,6-7,9,11-12,19H,1,4-5,8,10H2,(H,26,27,28). The normalized spacial score (nSPS) is 18.0. The predicted octanol–water partition coefficient (Wildman–Crippen LogP) is 4.04. The molecule has 1 amide bonds. The van der Waals surface area contributed by atoms with Gasteiger partial charge in [-0.2, -0.15) is 0 Å². The van der Waals surface area contributed by atoms with Gasteiger partial charge in [-0.1, -0.05) is 11.6 Å². The molecule has 1 atom stereocenters. The Kier molecular flexibility index (Phi) is 4.83. The molecule has 8 heteroatoms. The molecule has 0 bridgehead atoms. The van der Waals surface area contributed by atoms with E-state index in [-0.39, 0.29) is 10.9 Å². The lowest BCUT2D eigenvalue weighted by Crippen LogP contribution is -2.34. The Hall–Kier alpha value is -3.06. The van der Waals surface area contributed by atoms with Crippen molar-refractivity contribution in [2.24, 2.45) is 0 Å². The molecular formula is C22H19ClFN5O. The maximum Gasteiger partial charge on any atom is 0.249 e. The van der Waals surface area contributed by atoms with E-state index in [1.165, 1.54) is 12.1 Å². The van der Waals surface area contributed by atoms with Crippen LogP contribution in [0.3, 0.4) is 0 Å². The van der Waals surface area contributed by atoms with E-state index >= 15 is 0 Å². The van der Waals surface area contributed by atoms with Crippen molar-refractivity contribution in [3.63, 3.8) is 0 Å². The fraction of sp³-hybridized carbons (Fsp3) is 0.273. The van der Waals surface area contributed by atoms with Crippen LogP contribution in [0.1, 0.15) is 24.1 Å². The summed E-state index contributed by atoms with van der Waals surface area (Å²) in [6, 6.07) is 7.77. The number of carbonyl (C=O) groups is 1. The summed E-state index contributed by atoms with van der Waals surface area (Å²) in [6.45, 7) is 0.500. The number of hydrogen-bond acceptors (Lipinski definition) is 5. The van der Waals surface area contributed by atoms with Gasteiger partial charge in [0, 0.05) is 41.4 Å². The van der Waals surface area contributed by atoms with Crippen LogP contribution in [-0.2, 0) is 17.6 Å². The van der Waals surface area contributed by atoms with E-state index in [1.807, 2.05) is 12.1 Å². The molecule has 2 aromatic heterocycles. The summed E-state index contributed by atoms with van der Waals surface area (Å²) < 4.78 is 13.9. The zero-order chi connectivity index (χ0) is 20.7. The average Bonchev–Trinajstić information content (AvgIpc) is 3.38. The average molecular weight is 424 g/mol. The number of benzene rings is 1. The van der Waals surface area contributed by atoms with Gasteiger partial charge in [-0.25, -0.2) is 14.4 Å². The molecule has 1 aliphatic heterocycles. The van der Waals surface area contributed by atoms with Crippen LogP contribution in [0.15, 0.2) is 42.7 Å². The van der Waals surface area contributed by atoms with Gasteiger partial charge >= 0.3 is 0 Å². The van der Waals surface area contributed by atoms with Gasteiger partial charge < -0.3 is 10.2 Å². The number of hydrogen-bond donors (Lipinski definition) is 1. The zero-order valence-corrected chi connectivity index (χ0v) is 16.9. The molecule has 1 N–H and O–H groups in total. The van der Waals surface area contributed by atoms with Crippen molar-refractivity contribution in [3.05, 3.63) is 64.8 Å². The van der Waals surface area contributed by atoms with Crippen LogP contribution < -0.4 is 10.2 Å². The predicted molar refractivity (Wildman–Crippen MR) is 113 cm³/mol. The smallest absolute Gasteiger partial charge is 0.249 e. The summed E-state index contributed by atoms with van der Waals surface area (Å²) in [7, 11) is 0. The number of anilines is 2. The molecule has 5 rings (SSSR count). The van der Waals surface area contributed by atoms with Gasteiger partial charge in [0.2, 0.25) is 5.91 Å². The molecule has 1 unspecified atom stereocenters. The minimum absolute atomic E-state index is 0.0413. The lowest BCUT2D eigenvalue weighted by atomic mass is 10.2. The van der Waals surface area contributed by atoms with Gasteiger partial charge in [-0.15, -0.1) is 0 Å². The van der Waals surface area contributed by atoms with Crippen molar-refractivity contribution < 1.29 is 9.18 Å². The Morgan fingerprint density at radius 1 is 1.20 bits per heavy atom. The van der Waals surface area contributed by atoms with Crippen LogP contribution in [0.5, 0.6) is 0 Å². The van der Waals surface area contributed by atoms with Crippen molar-refractivity contribution >= 4 is 29.0 Å². The lowest BCUT2D eigenvalue weighted by Gasteiger charge is -2.19. The number of nitrogens with one attached hydrogen (secondary N) is 1. The number of aryl methyl sites for hydroxylation is 1. The van der Waals surface area contributed by atoms with Crippen molar-refractivity contribution in [2.75, 3.05) is 16.8 Å². The van der Waals surface area contributed by atoms with Gasteiger partial charge in [0.05, 0.1) is 5.02 Å². The number of fused-ring (bicyclic) bond motifs is 1. The third-order valence-corrected chi connectivity index (χ3v) is 5.89. The second-order valence-electron chi connectivity index (χ2n) is 7.49. The number of rotatable bonds is 4. The fourth-order valence-electron chi connectivity index (χ4n) is 4.06. The summed E-state index contributed by atoms with van der Waals surface area (Å²) in [6.07, 6.45) is 6.85. The minimum atomic E-state index is -0.534. The highest BCUT2D eigenvalue weighted by Crippen LogP contribution is 2.32. The molecule has 152 valence electrons. The second kappa shape index (κ2) is 7.65. The molecule has 1 aliphatic carbocycles. The molecule has 2 aliphatic rings. The molecule has 30 heavy (non-hydrogen) atoms. The number of pyridine rings is 1. The van der Waals surface area contributed by atoms with Gasteiger partial charge in [0.15, 0.2) is 5.82 Å². The molecule has 1 saturated heterocycles. The molecule has 3 heterocycles. The van der Waals surface area contributed by atoms with Crippen molar-refractivity contribution in [2.45, 2.75) is 31.7 Å². The highest BCUT2D eigenvalue weighted by atomic mass is 35.5. The van der Waals surface area contributed by atoms with E-state index in [0.29, 0.717) is 30.3 Å². The lowest BCUT2D eigenvalue weighted by molar-refractivity contribution is -0.117. The molecule has 6 nitrogen and oxygen atoms in total. The maximum absolute atomic E-state index is 13.9. The van der Waals surface area contributed by atoms with E-state index in [0.717, 1.165) is 36.1 Å². The van der Waals surface area contributed by atoms with Crippen LogP contribution in [-0.4, -0.2) is 33.4 Å². The second-order valence-corrected chi connectivity index (χ2v) is 7.90. The van der Waals surface area contributed by atoms with Crippen LogP contribution in [0, 0.1) is 5.82 Å². The Balaban J connectivity index is 1.43. The third kappa shape index (κ3) is 3.39. The van der Waals surface area contributed by atoms with Crippen LogP contribution in [0.25, 0.3) is 11.4 Å². The van der Waals surface area contributed by atoms with Crippen molar-refractivity contribution in [3.8, 4) is 11.4 Å². The summed E-state index contributed by atoms with van der Waals surface area (Å²) in [5.74, 6) is 0.672. The van der Waals surface area contributed by atoms with Gasteiger partial charge in [0.25, 0.3) is 0 Å². The molecule has 0 saturated carbocycles. The largest absolute Gasteiger partial charge is 0.358 e. The Bertz CT molecular complexity index is 1120. The summed E-state index contributed by atoms with van der Waals surface area (Å²) in [5.41, 5.74) is 3.45. The summed E-state index contributed by atoms with van der Waals surface area (Å²) in [5, 5.41) is 3.39.